The Bertz CT molecular complexity index is 792. The molecule has 0 aliphatic heterocycles. The molecule has 1 heterocycles. The summed E-state index contributed by atoms with van der Waals surface area (Å²) in [6.45, 7) is 2.06. The van der Waals surface area contributed by atoms with Crippen molar-refractivity contribution in [3.8, 4) is 22.4 Å². The molecular formula is C16H13Br2N3. The fourth-order valence-corrected chi connectivity index (χ4v) is 3.06. The summed E-state index contributed by atoms with van der Waals surface area (Å²) in [5.74, 6) is 0.501. The molecule has 5 heteroatoms. The summed E-state index contributed by atoms with van der Waals surface area (Å²) in [6, 6.07) is 14.3. The van der Waals surface area contributed by atoms with Crippen molar-refractivity contribution in [2.75, 3.05) is 5.73 Å². The van der Waals surface area contributed by atoms with E-state index in [0.29, 0.717) is 5.82 Å². The van der Waals surface area contributed by atoms with Crippen LogP contribution in [0.5, 0.6) is 0 Å². The van der Waals surface area contributed by atoms with Crippen LogP contribution in [0, 0.1) is 6.92 Å². The van der Waals surface area contributed by atoms with Gasteiger partial charge in [0.15, 0.2) is 5.82 Å². The van der Waals surface area contributed by atoms with E-state index < -0.39 is 0 Å². The number of aromatic nitrogens is 2. The summed E-state index contributed by atoms with van der Waals surface area (Å²) < 4.78 is 1.99. The lowest BCUT2D eigenvalue weighted by Gasteiger charge is -2.08. The summed E-state index contributed by atoms with van der Waals surface area (Å²) in [6.07, 6.45) is 0. The van der Waals surface area contributed by atoms with Crippen molar-refractivity contribution >= 4 is 37.7 Å². The Hall–Kier alpha value is -1.59. The van der Waals surface area contributed by atoms with E-state index in [4.69, 9.17) is 5.73 Å². The highest BCUT2D eigenvalue weighted by Gasteiger charge is 2.16. The first kappa shape index (κ1) is 14.4. The number of nitrogens with two attached hydrogens (primary N) is 1. The highest BCUT2D eigenvalue weighted by Crippen LogP contribution is 2.38. The Morgan fingerprint density at radius 2 is 1.76 bits per heavy atom. The first-order chi connectivity index (χ1) is 10.1. The number of hydrogen-bond donors (Lipinski definition) is 2. The van der Waals surface area contributed by atoms with E-state index in [1.807, 2.05) is 18.2 Å². The normalized spacial score (nSPS) is 10.8. The molecule has 0 unspecified atom stereocenters. The third-order valence-corrected chi connectivity index (χ3v) is 4.52. The standard InChI is InChI=1S/C16H13Br2N3/c1-9-2-4-10(5-3-9)14-15(20-21-16(14)19)12-8-11(17)6-7-13(12)18/h2-8H,1H3,(H3,19,20,21). The van der Waals surface area contributed by atoms with E-state index in [1.165, 1.54) is 5.56 Å². The van der Waals surface area contributed by atoms with Gasteiger partial charge >= 0.3 is 0 Å². The Morgan fingerprint density at radius 3 is 2.48 bits per heavy atom. The predicted molar refractivity (Wildman–Crippen MR) is 94.0 cm³/mol. The van der Waals surface area contributed by atoms with Crippen LogP contribution < -0.4 is 5.73 Å². The molecule has 3 N–H and O–H groups in total. The summed E-state index contributed by atoms with van der Waals surface area (Å²) in [7, 11) is 0. The molecule has 3 aromatic rings. The Kier molecular flexibility index (Phi) is 3.87. The van der Waals surface area contributed by atoms with Gasteiger partial charge in [0.2, 0.25) is 0 Å². The number of nitrogens with one attached hydrogen (secondary N) is 1. The number of halogens is 2. The van der Waals surface area contributed by atoms with Gasteiger partial charge < -0.3 is 5.73 Å². The van der Waals surface area contributed by atoms with Gasteiger partial charge in [0.05, 0.1) is 11.3 Å². The quantitative estimate of drug-likeness (QED) is 0.617. The van der Waals surface area contributed by atoms with Crippen molar-refractivity contribution in [2.24, 2.45) is 0 Å². The molecule has 0 bridgehead atoms. The van der Waals surface area contributed by atoms with Gasteiger partial charge in [0, 0.05) is 14.5 Å². The number of benzene rings is 2. The second-order valence-corrected chi connectivity index (χ2v) is 6.62. The summed E-state index contributed by atoms with van der Waals surface area (Å²) in [4.78, 5) is 0. The number of hydrogen-bond acceptors (Lipinski definition) is 2. The molecule has 3 nitrogen and oxygen atoms in total. The smallest absolute Gasteiger partial charge is 0.153 e. The minimum absolute atomic E-state index is 0.501. The van der Waals surface area contributed by atoms with E-state index in [1.54, 1.807) is 0 Å². The van der Waals surface area contributed by atoms with Gasteiger partial charge in [-0.2, -0.15) is 5.10 Å². The van der Waals surface area contributed by atoms with E-state index >= 15 is 0 Å². The molecule has 0 saturated carbocycles. The Labute approximate surface area is 139 Å². The summed E-state index contributed by atoms with van der Waals surface area (Å²) in [5, 5.41) is 7.22. The first-order valence-corrected chi connectivity index (χ1v) is 8.01. The van der Waals surface area contributed by atoms with Crippen LogP contribution in [0.1, 0.15) is 5.56 Å². The van der Waals surface area contributed by atoms with E-state index in [0.717, 1.165) is 31.3 Å². The van der Waals surface area contributed by atoms with Crippen molar-refractivity contribution < 1.29 is 0 Å². The second-order valence-electron chi connectivity index (χ2n) is 4.85. The van der Waals surface area contributed by atoms with Crippen molar-refractivity contribution in [1.82, 2.24) is 10.2 Å². The number of aromatic amines is 1. The maximum absolute atomic E-state index is 6.07. The molecule has 0 aliphatic rings. The van der Waals surface area contributed by atoms with E-state index in [-0.39, 0.29) is 0 Å². The number of nitrogens with zero attached hydrogens (tertiary/aromatic N) is 1. The maximum atomic E-state index is 6.07. The Balaban J connectivity index is 2.21. The maximum Gasteiger partial charge on any atom is 0.153 e. The lowest BCUT2D eigenvalue weighted by molar-refractivity contribution is 1.10. The first-order valence-electron chi connectivity index (χ1n) is 6.42. The lowest BCUT2D eigenvalue weighted by atomic mass is 10.00. The largest absolute Gasteiger partial charge is 0.382 e. The highest BCUT2D eigenvalue weighted by molar-refractivity contribution is 9.11. The van der Waals surface area contributed by atoms with Crippen LogP contribution in [0.25, 0.3) is 22.4 Å². The number of aryl methyl sites for hydroxylation is 1. The topological polar surface area (TPSA) is 54.7 Å². The average Bonchev–Trinajstić information content (AvgIpc) is 2.84. The average molecular weight is 407 g/mol. The lowest BCUT2D eigenvalue weighted by Crippen LogP contribution is -1.89. The van der Waals surface area contributed by atoms with Crippen molar-refractivity contribution in [3.05, 3.63) is 57.0 Å². The van der Waals surface area contributed by atoms with Crippen molar-refractivity contribution in [3.63, 3.8) is 0 Å². The molecule has 0 amide bonds. The molecule has 1 aromatic heterocycles. The minimum Gasteiger partial charge on any atom is -0.382 e. The second kappa shape index (κ2) is 5.66. The van der Waals surface area contributed by atoms with Gasteiger partial charge in [-0.05, 0) is 30.7 Å². The van der Waals surface area contributed by atoms with E-state index in [2.05, 4.69) is 73.2 Å². The van der Waals surface area contributed by atoms with Crippen LogP contribution in [0.15, 0.2) is 51.4 Å². The zero-order valence-electron chi connectivity index (χ0n) is 11.3. The van der Waals surface area contributed by atoms with Crippen LogP contribution >= 0.6 is 31.9 Å². The monoisotopic (exact) mass is 405 g/mol. The molecule has 21 heavy (non-hydrogen) atoms. The zero-order chi connectivity index (χ0) is 15.0. The van der Waals surface area contributed by atoms with Gasteiger partial charge in [-0.1, -0.05) is 61.7 Å². The van der Waals surface area contributed by atoms with Crippen LogP contribution in [-0.4, -0.2) is 10.2 Å². The van der Waals surface area contributed by atoms with Gasteiger partial charge in [-0.25, -0.2) is 0 Å². The van der Waals surface area contributed by atoms with E-state index in [9.17, 15) is 0 Å². The molecule has 0 saturated heterocycles. The highest BCUT2D eigenvalue weighted by atomic mass is 79.9. The molecule has 106 valence electrons. The molecule has 2 aromatic carbocycles. The zero-order valence-corrected chi connectivity index (χ0v) is 14.5. The van der Waals surface area contributed by atoms with Crippen LogP contribution in [0.4, 0.5) is 5.82 Å². The third-order valence-electron chi connectivity index (χ3n) is 3.33. The molecule has 0 spiro atoms. The van der Waals surface area contributed by atoms with Crippen molar-refractivity contribution in [1.29, 1.82) is 0 Å². The van der Waals surface area contributed by atoms with Crippen LogP contribution in [-0.2, 0) is 0 Å². The molecule has 0 fully saturated rings. The third kappa shape index (κ3) is 2.76. The van der Waals surface area contributed by atoms with Gasteiger partial charge in [0.25, 0.3) is 0 Å². The molecular weight excluding hydrogens is 394 g/mol. The molecule has 0 atom stereocenters. The minimum atomic E-state index is 0.501. The summed E-state index contributed by atoms with van der Waals surface area (Å²) in [5.41, 5.74) is 11.2. The SMILES string of the molecule is Cc1ccc(-c2c(N)n[nH]c2-c2cc(Br)ccc2Br)cc1. The fraction of sp³-hybridized carbons (Fsp3) is 0.0625. The summed E-state index contributed by atoms with van der Waals surface area (Å²) >= 11 is 7.09. The number of anilines is 1. The number of H-pyrrole nitrogens is 1. The fourth-order valence-electron chi connectivity index (χ4n) is 2.25. The van der Waals surface area contributed by atoms with Crippen LogP contribution in [0.2, 0.25) is 0 Å². The molecule has 0 radical (unpaired) electrons. The predicted octanol–water partition coefficient (Wildman–Crippen LogP) is 5.16. The van der Waals surface area contributed by atoms with Gasteiger partial charge in [0.1, 0.15) is 0 Å². The van der Waals surface area contributed by atoms with Gasteiger partial charge in [-0.15, -0.1) is 0 Å². The van der Waals surface area contributed by atoms with Gasteiger partial charge in [-0.3, -0.25) is 5.10 Å². The molecule has 0 aliphatic carbocycles. The Morgan fingerprint density at radius 1 is 1.05 bits per heavy atom. The van der Waals surface area contributed by atoms with Crippen molar-refractivity contribution in [2.45, 2.75) is 6.92 Å². The number of nitrogen functional groups attached to an aromatic ring is 1. The van der Waals surface area contributed by atoms with Crippen LogP contribution in [0.3, 0.4) is 0 Å². The molecule has 3 rings (SSSR count). The number of rotatable bonds is 2.